The number of carbonyl (C=O) groups excluding carboxylic acids is 3. The number of para-hydroxylation sites is 1. The van der Waals surface area contributed by atoms with E-state index in [1.54, 1.807) is 60.5 Å². The van der Waals surface area contributed by atoms with E-state index in [9.17, 15) is 14.4 Å². The van der Waals surface area contributed by atoms with E-state index in [1.807, 2.05) is 60.7 Å². The number of nitrogens with zero attached hydrogens (tertiary/aromatic N) is 1. The molecule has 3 amide bonds. The summed E-state index contributed by atoms with van der Waals surface area (Å²) in [7, 11) is 1.72. The summed E-state index contributed by atoms with van der Waals surface area (Å²) in [4.78, 5) is 39.5. The van der Waals surface area contributed by atoms with Crippen LogP contribution in [-0.4, -0.2) is 31.3 Å². The number of rotatable bonds is 9. The van der Waals surface area contributed by atoms with E-state index in [-0.39, 0.29) is 24.3 Å². The van der Waals surface area contributed by atoms with Gasteiger partial charge in [-0.05, 0) is 54.1 Å². The second kappa shape index (κ2) is 12.2. The minimum absolute atomic E-state index is 0.00337. The van der Waals surface area contributed by atoms with Crippen LogP contribution in [0.4, 0.5) is 17.1 Å². The molecule has 0 radical (unpaired) electrons. The largest absolute Gasteiger partial charge is 0.376 e. The van der Waals surface area contributed by atoms with Crippen molar-refractivity contribution in [1.82, 2.24) is 5.32 Å². The fourth-order valence-electron chi connectivity index (χ4n) is 3.73. The molecule has 0 aliphatic heterocycles. The molecule has 0 aliphatic rings. The first kappa shape index (κ1) is 25.2. The van der Waals surface area contributed by atoms with Crippen molar-refractivity contribution >= 4 is 34.8 Å². The highest BCUT2D eigenvalue weighted by Crippen LogP contribution is 2.18. The SMILES string of the molecule is CN(C(=O)c1cccc(NCC(=O)Nc2cccc(C(=O)NCc3ccccc3)c2)c1)c1ccccc1. The van der Waals surface area contributed by atoms with E-state index in [1.165, 1.54) is 0 Å². The van der Waals surface area contributed by atoms with E-state index in [4.69, 9.17) is 0 Å². The molecule has 37 heavy (non-hydrogen) atoms. The van der Waals surface area contributed by atoms with Gasteiger partial charge in [-0.25, -0.2) is 0 Å². The zero-order chi connectivity index (χ0) is 26.0. The van der Waals surface area contributed by atoms with Crippen molar-refractivity contribution < 1.29 is 14.4 Å². The first-order valence-electron chi connectivity index (χ1n) is 11.9. The molecule has 186 valence electrons. The third-order valence-corrected chi connectivity index (χ3v) is 5.72. The van der Waals surface area contributed by atoms with Crippen molar-refractivity contribution in [3.05, 3.63) is 126 Å². The van der Waals surface area contributed by atoms with E-state index < -0.39 is 0 Å². The Morgan fingerprint density at radius 1 is 0.703 bits per heavy atom. The fraction of sp³-hybridized carbons (Fsp3) is 0.100. The Hall–Kier alpha value is -4.91. The Bertz CT molecular complexity index is 1370. The van der Waals surface area contributed by atoms with Crippen LogP contribution >= 0.6 is 0 Å². The maximum Gasteiger partial charge on any atom is 0.258 e. The number of hydrogen-bond acceptors (Lipinski definition) is 4. The molecular formula is C30H28N4O3. The van der Waals surface area contributed by atoms with Crippen LogP contribution in [0.25, 0.3) is 0 Å². The molecule has 0 fully saturated rings. The Kier molecular flexibility index (Phi) is 8.29. The number of carbonyl (C=O) groups is 3. The first-order chi connectivity index (χ1) is 18.0. The minimum atomic E-state index is -0.278. The van der Waals surface area contributed by atoms with Gasteiger partial charge in [0.25, 0.3) is 11.8 Å². The van der Waals surface area contributed by atoms with Crippen molar-refractivity contribution in [1.29, 1.82) is 0 Å². The van der Waals surface area contributed by atoms with Gasteiger partial charge in [-0.3, -0.25) is 14.4 Å². The number of benzene rings is 4. The Labute approximate surface area is 216 Å². The van der Waals surface area contributed by atoms with Crippen molar-refractivity contribution in [3.63, 3.8) is 0 Å². The van der Waals surface area contributed by atoms with Crippen LogP contribution in [0.5, 0.6) is 0 Å². The number of amides is 3. The predicted octanol–water partition coefficient (Wildman–Crippen LogP) is 4.94. The smallest absolute Gasteiger partial charge is 0.258 e. The number of anilines is 3. The summed E-state index contributed by atoms with van der Waals surface area (Å²) in [5.74, 6) is -0.651. The standard InChI is InChI=1S/C30H28N4O3/c1-34(27-16-6-3-7-17-27)30(37)24-13-9-14-25(19-24)31-21-28(35)33-26-15-8-12-23(18-26)29(36)32-20-22-10-4-2-5-11-22/h2-19,31H,20-21H2,1H3,(H,32,36)(H,33,35). The van der Waals surface area contributed by atoms with Gasteiger partial charge in [0.2, 0.25) is 5.91 Å². The quantitative estimate of drug-likeness (QED) is 0.309. The highest BCUT2D eigenvalue weighted by Gasteiger charge is 2.14. The lowest BCUT2D eigenvalue weighted by Gasteiger charge is -2.18. The van der Waals surface area contributed by atoms with Crippen LogP contribution in [0.1, 0.15) is 26.3 Å². The lowest BCUT2D eigenvalue weighted by Crippen LogP contribution is -2.26. The second-order valence-electron chi connectivity index (χ2n) is 8.43. The molecule has 7 nitrogen and oxygen atoms in total. The van der Waals surface area contributed by atoms with Crippen LogP contribution in [0.2, 0.25) is 0 Å². The Balaban J connectivity index is 1.31. The maximum absolute atomic E-state index is 12.9. The molecule has 0 unspecified atom stereocenters. The maximum atomic E-state index is 12.9. The summed E-state index contributed by atoms with van der Waals surface area (Å²) in [6.45, 7) is 0.416. The summed E-state index contributed by atoms with van der Waals surface area (Å²) >= 11 is 0. The van der Waals surface area contributed by atoms with Gasteiger partial charge in [-0.2, -0.15) is 0 Å². The topological polar surface area (TPSA) is 90.5 Å². The normalized spacial score (nSPS) is 10.3. The van der Waals surface area contributed by atoms with Crippen molar-refractivity contribution in [2.45, 2.75) is 6.54 Å². The van der Waals surface area contributed by atoms with E-state index in [0.29, 0.717) is 29.0 Å². The molecule has 0 saturated carbocycles. The molecule has 0 aliphatic carbocycles. The zero-order valence-electron chi connectivity index (χ0n) is 20.5. The van der Waals surface area contributed by atoms with Gasteiger partial charge in [-0.15, -0.1) is 0 Å². The van der Waals surface area contributed by atoms with Gasteiger partial charge in [0.05, 0.1) is 6.54 Å². The minimum Gasteiger partial charge on any atom is -0.376 e. The number of nitrogens with one attached hydrogen (secondary N) is 3. The van der Waals surface area contributed by atoms with Gasteiger partial charge < -0.3 is 20.9 Å². The van der Waals surface area contributed by atoms with Crippen LogP contribution in [0, 0.1) is 0 Å². The van der Waals surface area contributed by atoms with Gasteiger partial charge >= 0.3 is 0 Å². The van der Waals surface area contributed by atoms with Crippen molar-refractivity contribution in [3.8, 4) is 0 Å². The van der Waals surface area contributed by atoms with Gasteiger partial charge in [-0.1, -0.05) is 60.7 Å². The molecule has 0 spiro atoms. The lowest BCUT2D eigenvalue weighted by atomic mass is 10.1. The molecule has 7 heteroatoms. The molecule has 4 rings (SSSR count). The van der Waals surface area contributed by atoms with Crippen LogP contribution in [0.15, 0.2) is 109 Å². The number of hydrogen-bond donors (Lipinski definition) is 3. The fourth-order valence-corrected chi connectivity index (χ4v) is 3.73. The molecule has 0 aromatic heterocycles. The van der Waals surface area contributed by atoms with Gasteiger partial charge in [0, 0.05) is 41.8 Å². The summed E-state index contributed by atoms with van der Waals surface area (Å²) in [6, 6.07) is 32.8. The molecule has 0 atom stereocenters. The molecule has 0 bridgehead atoms. The molecule has 3 N–H and O–H groups in total. The van der Waals surface area contributed by atoms with Gasteiger partial charge in [0.15, 0.2) is 0 Å². The molecule has 0 saturated heterocycles. The highest BCUT2D eigenvalue weighted by atomic mass is 16.2. The summed E-state index contributed by atoms with van der Waals surface area (Å²) in [6.07, 6.45) is 0. The second-order valence-corrected chi connectivity index (χ2v) is 8.43. The van der Waals surface area contributed by atoms with Crippen LogP contribution < -0.4 is 20.9 Å². The van der Waals surface area contributed by atoms with Gasteiger partial charge in [0.1, 0.15) is 0 Å². The highest BCUT2D eigenvalue weighted by molar-refractivity contribution is 6.06. The van der Waals surface area contributed by atoms with E-state index in [0.717, 1.165) is 11.3 Å². The van der Waals surface area contributed by atoms with E-state index in [2.05, 4.69) is 16.0 Å². The van der Waals surface area contributed by atoms with E-state index >= 15 is 0 Å². The monoisotopic (exact) mass is 492 g/mol. The van der Waals surface area contributed by atoms with Crippen molar-refractivity contribution in [2.24, 2.45) is 0 Å². The molecular weight excluding hydrogens is 464 g/mol. The average molecular weight is 493 g/mol. The van der Waals surface area contributed by atoms with Crippen LogP contribution in [-0.2, 0) is 11.3 Å². The lowest BCUT2D eigenvalue weighted by molar-refractivity contribution is -0.114. The average Bonchev–Trinajstić information content (AvgIpc) is 2.95. The third kappa shape index (κ3) is 7.05. The summed E-state index contributed by atoms with van der Waals surface area (Å²) in [5, 5.41) is 8.73. The van der Waals surface area contributed by atoms with Crippen LogP contribution in [0.3, 0.4) is 0 Å². The summed E-state index contributed by atoms with van der Waals surface area (Å²) < 4.78 is 0. The molecule has 4 aromatic rings. The molecule has 0 heterocycles. The summed E-state index contributed by atoms with van der Waals surface area (Å²) in [5.41, 5.74) is 3.93. The van der Waals surface area contributed by atoms with Crippen molar-refractivity contribution in [2.75, 3.05) is 29.1 Å². The Morgan fingerprint density at radius 3 is 2.05 bits per heavy atom. The zero-order valence-corrected chi connectivity index (χ0v) is 20.5. The Morgan fingerprint density at radius 2 is 1.32 bits per heavy atom. The third-order valence-electron chi connectivity index (χ3n) is 5.72. The predicted molar refractivity (Wildman–Crippen MR) is 147 cm³/mol. The first-order valence-corrected chi connectivity index (χ1v) is 11.9. The molecule has 4 aromatic carbocycles.